The summed E-state index contributed by atoms with van der Waals surface area (Å²) in [7, 11) is 0. The topological polar surface area (TPSA) is 62.7 Å². The zero-order valence-corrected chi connectivity index (χ0v) is 12.6. The van der Waals surface area contributed by atoms with Gasteiger partial charge in [-0.05, 0) is 55.1 Å². The van der Waals surface area contributed by atoms with Gasteiger partial charge in [-0.25, -0.2) is 0 Å². The molecular formula is C14H18ClN5. The minimum atomic E-state index is 0.172. The lowest BCUT2D eigenvalue weighted by molar-refractivity contribution is 0.940. The van der Waals surface area contributed by atoms with E-state index in [1.807, 2.05) is 26.0 Å². The van der Waals surface area contributed by atoms with Crippen molar-refractivity contribution in [1.82, 2.24) is 15.0 Å². The Hall–Kier alpha value is -1.88. The van der Waals surface area contributed by atoms with E-state index in [1.54, 1.807) is 0 Å². The van der Waals surface area contributed by atoms with E-state index in [4.69, 9.17) is 11.6 Å². The van der Waals surface area contributed by atoms with Crippen molar-refractivity contribution in [2.45, 2.75) is 27.2 Å². The van der Waals surface area contributed by atoms with Crippen LogP contribution in [-0.4, -0.2) is 21.5 Å². The lowest BCUT2D eigenvalue weighted by atomic mass is 10.1. The zero-order chi connectivity index (χ0) is 14.5. The molecule has 2 aromatic rings. The van der Waals surface area contributed by atoms with Crippen LogP contribution < -0.4 is 10.6 Å². The molecule has 0 radical (unpaired) electrons. The molecule has 0 aliphatic rings. The Morgan fingerprint density at radius 1 is 1.00 bits per heavy atom. The van der Waals surface area contributed by atoms with Crippen molar-refractivity contribution >= 4 is 29.2 Å². The van der Waals surface area contributed by atoms with Crippen molar-refractivity contribution in [2.24, 2.45) is 0 Å². The third-order valence-corrected chi connectivity index (χ3v) is 2.79. The Morgan fingerprint density at radius 2 is 1.65 bits per heavy atom. The second kappa shape index (κ2) is 6.52. The minimum absolute atomic E-state index is 0.172. The molecule has 1 aromatic heterocycles. The average Bonchev–Trinajstić information content (AvgIpc) is 2.34. The third kappa shape index (κ3) is 4.06. The van der Waals surface area contributed by atoms with Crippen molar-refractivity contribution in [2.75, 3.05) is 17.2 Å². The first-order valence-electron chi connectivity index (χ1n) is 6.57. The Labute approximate surface area is 123 Å². The van der Waals surface area contributed by atoms with Crippen molar-refractivity contribution < 1.29 is 0 Å². The molecule has 0 aliphatic heterocycles. The standard InChI is InChI=1S/C14H18ClN5/c1-4-5-16-13-18-12(15)19-14(20-13)17-11-7-9(2)6-10(3)8-11/h6-8H,4-5H2,1-3H3,(H2,16,17,18,19,20). The SMILES string of the molecule is CCCNc1nc(Cl)nc(Nc2cc(C)cc(C)c2)n1. The van der Waals surface area contributed by atoms with Gasteiger partial charge < -0.3 is 10.6 Å². The van der Waals surface area contributed by atoms with Crippen LogP contribution in [0.4, 0.5) is 17.6 Å². The fourth-order valence-electron chi connectivity index (χ4n) is 1.90. The van der Waals surface area contributed by atoms with Gasteiger partial charge in [0.25, 0.3) is 0 Å². The second-order valence-corrected chi connectivity index (χ2v) is 5.02. The van der Waals surface area contributed by atoms with Gasteiger partial charge in [0.15, 0.2) is 0 Å². The Kier molecular flexibility index (Phi) is 4.74. The van der Waals surface area contributed by atoms with E-state index >= 15 is 0 Å². The number of benzene rings is 1. The highest BCUT2D eigenvalue weighted by Gasteiger charge is 2.05. The van der Waals surface area contributed by atoms with Crippen molar-refractivity contribution in [3.63, 3.8) is 0 Å². The highest BCUT2D eigenvalue weighted by Crippen LogP contribution is 2.18. The molecule has 1 aromatic carbocycles. The van der Waals surface area contributed by atoms with Gasteiger partial charge in [-0.2, -0.15) is 15.0 Å². The summed E-state index contributed by atoms with van der Waals surface area (Å²) < 4.78 is 0. The van der Waals surface area contributed by atoms with Gasteiger partial charge in [0, 0.05) is 12.2 Å². The maximum absolute atomic E-state index is 5.92. The molecule has 0 fully saturated rings. The lowest BCUT2D eigenvalue weighted by Gasteiger charge is -2.09. The number of anilines is 3. The second-order valence-electron chi connectivity index (χ2n) is 4.68. The number of aromatic nitrogens is 3. The highest BCUT2D eigenvalue weighted by atomic mass is 35.5. The van der Waals surface area contributed by atoms with Crippen LogP contribution in [0.15, 0.2) is 18.2 Å². The van der Waals surface area contributed by atoms with E-state index in [2.05, 4.69) is 38.6 Å². The summed E-state index contributed by atoms with van der Waals surface area (Å²) in [6.07, 6.45) is 0.989. The predicted molar refractivity (Wildman–Crippen MR) is 82.8 cm³/mol. The molecule has 0 aliphatic carbocycles. The Balaban J connectivity index is 2.21. The van der Waals surface area contributed by atoms with E-state index in [1.165, 1.54) is 11.1 Å². The number of halogens is 1. The number of rotatable bonds is 5. The maximum atomic E-state index is 5.92. The summed E-state index contributed by atoms with van der Waals surface area (Å²) in [4.78, 5) is 12.4. The first-order chi connectivity index (χ1) is 9.56. The molecule has 0 unspecified atom stereocenters. The fraction of sp³-hybridized carbons (Fsp3) is 0.357. The molecule has 1 heterocycles. The highest BCUT2D eigenvalue weighted by molar-refractivity contribution is 6.28. The fourth-order valence-corrected chi connectivity index (χ4v) is 2.06. The number of nitrogens with one attached hydrogen (secondary N) is 2. The molecule has 20 heavy (non-hydrogen) atoms. The van der Waals surface area contributed by atoms with Crippen LogP contribution >= 0.6 is 11.6 Å². The molecule has 2 N–H and O–H groups in total. The number of hydrogen-bond donors (Lipinski definition) is 2. The van der Waals surface area contributed by atoms with E-state index in [-0.39, 0.29) is 5.28 Å². The van der Waals surface area contributed by atoms with Crippen molar-refractivity contribution in [1.29, 1.82) is 0 Å². The summed E-state index contributed by atoms with van der Waals surface area (Å²) in [6.45, 7) is 6.97. The number of nitrogens with zero attached hydrogens (tertiary/aromatic N) is 3. The molecule has 0 saturated carbocycles. The monoisotopic (exact) mass is 291 g/mol. The number of hydrogen-bond acceptors (Lipinski definition) is 5. The summed E-state index contributed by atoms with van der Waals surface area (Å²) >= 11 is 5.92. The van der Waals surface area contributed by atoms with Crippen LogP contribution in [0.25, 0.3) is 0 Å². The predicted octanol–water partition coefficient (Wildman–Crippen LogP) is 3.71. The van der Waals surface area contributed by atoms with Crippen LogP contribution in [0.2, 0.25) is 5.28 Å². The molecule has 106 valence electrons. The van der Waals surface area contributed by atoms with Gasteiger partial charge in [0.1, 0.15) is 0 Å². The molecule has 0 bridgehead atoms. The smallest absolute Gasteiger partial charge is 0.233 e. The number of aryl methyl sites for hydroxylation is 2. The van der Waals surface area contributed by atoms with Crippen LogP contribution in [0, 0.1) is 13.8 Å². The van der Waals surface area contributed by atoms with Crippen LogP contribution in [-0.2, 0) is 0 Å². The van der Waals surface area contributed by atoms with Gasteiger partial charge in [-0.1, -0.05) is 13.0 Å². The molecule has 0 atom stereocenters. The molecular weight excluding hydrogens is 274 g/mol. The molecule has 0 spiro atoms. The molecule has 5 nitrogen and oxygen atoms in total. The minimum Gasteiger partial charge on any atom is -0.354 e. The van der Waals surface area contributed by atoms with E-state index in [0.29, 0.717) is 11.9 Å². The largest absolute Gasteiger partial charge is 0.354 e. The first kappa shape index (κ1) is 14.5. The summed E-state index contributed by atoms with van der Waals surface area (Å²) in [5, 5.41) is 6.43. The Bertz CT molecular complexity index is 580. The molecule has 2 rings (SSSR count). The maximum Gasteiger partial charge on any atom is 0.233 e. The molecule has 0 saturated heterocycles. The molecule has 0 amide bonds. The van der Waals surface area contributed by atoms with E-state index in [0.717, 1.165) is 18.7 Å². The first-order valence-corrected chi connectivity index (χ1v) is 6.95. The van der Waals surface area contributed by atoms with Crippen LogP contribution in [0.5, 0.6) is 0 Å². The van der Waals surface area contributed by atoms with Crippen molar-refractivity contribution in [3.8, 4) is 0 Å². The summed E-state index contributed by atoms with van der Waals surface area (Å²) in [5.41, 5.74) is 3.29. The van der Waals surface area contributed by atoms with Gasteiger partial charge >= 0.3 is 0 Å². The van der Waals surface area contributed by atoms with Crippen molar-refractivity contribution in [3.05, 3.63) is 34.6 Å². The Morgan fingerprint density at radius 3 is 2.30 bits per heavy atom. The average molecular weight is 292 g/mol. The van der Waals surface area contributed by atoms with Gasteiger partial charge in [-0.3, -0.25) is 0 Å². The molecule has 6 heteroatoms. The summed E-state index contributed by atoms with van der Waals surface area (Å²) in [5.74, 6) is 0.923. The van der Waals surface area contributed by atoms with Gasteiger partial charge in [-0.15, -0.1) is 0 Å². The van der Waals surface area contributed by atoms with Gasteiger partial charge in [0.05, 0.1) is 0 Å². The van der Waals surface area contributed by atoms with Crippen LogP contribution in [0.1, 0.15) is 24.5 Å². The van der Waals surface area contributed by atoms with Crippen LogP contribution in [0.3, 0.4) is 0 Å². The summed E-state index contributed by atoms with van der Waals surface area (Å²) in [6, 6.07) is 6.17. The lowest BCUT2D eigenvalue weighted by Crippen LogP contribution is -2.07. The van der Waals surface area contributed by atoms with E-state index in [9.17, 15) is 0 Å². The zero-order valence-electron chi connectivity index (χ0n) is 11.9. The van der Waals surface area contributed by atoms with Gasteiger partial charge in [0.2, 0.25) is 17.2 Å². The quantitative estimate of drug-likeness (QED) is 0.879. The third-order valence-electron chi connectivity index (χ3n) is 2.62. The van der Waals surface area contributed by atoms with E-state index < -0.39 is 0 Å². The normalized spacial score (nSPS) is 10.4.